The lowest BCUT2D eigenvalue weighted by molar-refractivity contribution is 0.480. The smallest absolute Gasteiger partial charge is 0.0208 e. The Labute approximate surface area is 125 Å². The number of nitrogens with one attached hydrogen (secondary N) is 1. The van der Waals surface area contributed by atoms with Gasteiger partial charge in [0, 0.05) is 13.1 Å². The molecule has 0 aromatic heterocycles. The first-order chi connectivity index (χ1) is 9.92. The molecule has 112 valence electrons. The highest BCUT2D eigenvalue weighted by Crippen LogP contribution is 2.28. The Morgan fingerprint density at radius 2 is 1.65 bits per heavy atom. The predicted octanol–water partition coefficient (Wildman–Crippen LogP) is 5.40. The molecule has 1 aromatic rings. The minimum Gasteiger partial charge on any atom is -0.312 e. The van der Waals surface area contributed by atoms with Crippen molar-refractivity contribution >= 4 is 0 Å². The molecule has 0 radical (unpaired) electrons. The van der Waals surface area contributed by atoms with Gasteiger partial charge in [-0.15, -0.1) is 0 Å². The molecule has 1 N–H and O–H groups in total. The van der Waals surface area contributed by atoms with E-state index in [1.165, 1.54) is 69.9 Å². The van der Waals surface area contributed by atoms with Gasteiger partial charge in [-0.25, -0.2) is 0 Å². The molecular formula is C19H31N. The van der Waals surface area contributed by atoms with E-state index in [0.717, 1.165) is 12.5 Å². The number of rotatable bonds is 9. The van der Waals surface area contributed by atoms with Crippen molar-refractivity contribution in [2.24, 2.45) is 0 Å². The minimum absolute atomic E-state index is 0.750. The molecule has 0 fully saturated rings. The topological polar surface area (TPSA) is 12.0 Å². The van der Waals surface area contributed by atoms with Gasteiger partial charge in [0.1, 0.15) is 0 Å². The Hall–Kier alpha value is -0.820. The maximum absolute atomic E-state index is 3.57. The van der Waals surface area contributed by atoms with Crippen LogP contribution in [0.4, 0.5) is 0 Å². The van der Waals surface area contributed by atoms with Crippen LogP contribution in [0.2, 0.25) is 0 Å². The average molecular weight is 273 g/mol. The lowest BCUT2D eigenvalue weighted by atomic mass is 9.87. The van der Waals surface area contributed by atoms with E-state index in [1.54, 1.807) is 5.56 Å². The molecule has 0 saturated carbocycles. The standard InChI is InChI=1S/C19H31N/c1-2-3-4-5-6-7-8-9-12-17-15-20-16-18-13-10-11-14-19(17)18/h10-11,13-14,17,20H,2-9,12,15-16H2,1H3. The lowest BCUT2D eigenvalue weighted by Crippen LogP contribution is -2.28. The van der Waals surface area contributed by atoms with E-state index in [-0.39, 0.29) is 0 Å². The molecule has 1 heterocycles. The molecule has 1 aliphatic rings. The van der Waals surface area contributed by atoms with Crippen molar-refractivity contribution in [3.8, 4) is 0 Å². The minimum atomic E-state index is 0.750. The highest BCUT2D eigenvalue weighted by molar-refractivity contribution is 5.32. The Balaban J connectivity index is 1.61. The summed E-state index contributed by atoms with van der Waals surface area (Å²) in [4.78, 5) is 0. The average Bonchev–Trinajstić information content (AvgIpc) is 2.50. The first-order valence-corrected chi connectivity index (χ1v) is 8.70. The second-order valence-electron chi connectivity index (χ2n) is 6.29. The van der Waals surface area contributed by atoms with Crippen LogP contribution in [-0.2, 0) is 6.54 Å². The summed E-state index contributed by atoms with van der Waals surface area (Å²) < 4.78 is 0. The number of benzene rings is 1. The molecular weight excluding hydrogens is 242 g/mol. The third-order valence-corrected chi connectivity index (χ3v) is 4.61. The van der Waals surface area contributed by atoms with Gasteiger partial charge in [0.2, 0.25) is 0 Å². The Kier molecular flexibility index (Phi) is 7.14. The Morgan fingerprint density at radius 3 is 2.45 bits per heavy atom. The van der Waals surface area contributed by atoms with Gasteiger partial charge >= 0.3 is 0 Å². The molecule has 0 amide bonds. The van der Waals surface area contributed by atoms with Crippen molar-refractivity contribution in [2.75, 3.05) is 6.54 Å². The van der Waals surface area contributed by atoms with Crippen molar-refractivity contribution in [3.63, 3.8) is 0 Å². The molecule has 1 nitrogen and oxygen atoms in total. The van der Waals surface area contributed by atoms with Crippen molar-refractivity contribution < 1.29 is 0 Å². The Morgan fingerprint density at radius 1 is 0.950 bits per heavy atom. The second-order valence-corrected chi connectivity index (χ2v) is 6.29. The number of hydrogen-bond acceptors (Lipinski definition) is 1. The van der Waals surface area contributed by atoms with Crippen LogP contribution in [0.1, 0.15) is 81.8 Å². The van der Waals surface area contributed by atoms with E-state index in [4.69, 9.17) is 0 Å². The summed E-state index contributed by atoms with van der Waals surface area (Å²) in [5.74, 6) is 0.750. The zero-order valence-electron chi connectivity index (χ0n) is 13.2. The summed E-state index contributed by atoms with van der Waals surface area (Å²) in [5, 5.41) is 3.57. The quantitative estimate of drug-likeness (QED) is 0.594. The molecule has 1 unspecified atom stereocenters. The van der Waals surface area contributed by atoms with Gasteiger partial charge < -0.3 is 5.32 Å². The molecule has 1 heteroatoms. The number of fused-ring (bicyclic) bond motifs is 1. The van der Waals surface area contributed by atoms with Crippen LogP contribution >= 0.6 is 0 Å². The molecule has 0 bridgehead atoms. The fourth-order valence-corrected chi connectivity index (χ4v) is 3.37. The van der Waals surface area contributed by atoms with Gasteiger partial charge in [-0.1, -0.05) is 82.6 Å². The van der Waals surface area contributed by atoms with Crippen LogP contribution in [0.3, 0.4) is 0 Å². The van der Waals surface area contributed by atoms with Gasteiger partial charge in [-0.2, -0.15) is 0 Å². The zero-order chi connectivity index (χ0) is 14.0. The van der Waals surface area contributed by atoms with E-state index >= 15 is 0 Å². The molecule has 0 spiro atoms. The molecule has 1 atom stereocenters. The fraction of sp³-hybridized carbons (Fsp3) is 0.684. The van der Waals surface area contributed by atoms with Gasteiger partial charge in [0.25, 0.3) is 0 Å². The molecule has 1 aromatic carbocycles. The second kappa shape index (κ2) is 9.18. The zero-order valence-corrected chi connectivity index (χ0v) is 13.2. The monoisotopic (exact) mass is 273 g/mol. The van der Waals surface area contributed by atoms with Gasteiger partial charge in [-0.05, 0) is 23.5 Å². The molecule has 2 rings (SSSR count). The molecule has 0 aliphatic carbocycles. The van der Waals surface area contributed by atoms with Crippen molar-refractivity contribution in [1.82, 2.24) is 5.32 Å². The maximum atomic E-state index is 3.57. The number of unbranched alkanes of at least 4 members (excludes halogenated alkanes) is 7. The van der Waals surface area contributed by atoms with Crippen molar-refractivity contribution in [2.45, 2.75) is 77.2 Å². The van der Waals surface area contributed by atoms with Gasteiger partial charge in [-0.3, -0.25) is 0 Å². The third-order valence-electron chi connectivity index (χ3n) is 4.61. The summed E-state index contributed by atoms with van der Waals surface area (Å²) in [7, 11) is 0. The summed E-state index contributed by atoms with van der Waals surface area (Å²) in [5.41, 5.74) is 3.12. The highest BCUT2D eigenvalue weighted by atomic mass is 14.9. The van der Waals surface area contributed by atoms with E-state index in [1.807, 2.05) is 0 Å². The largest absolute Gasteiger partial charge is 0.312 e. The van der Waals surface area contributed by atoms with Crippen LogP contribution in [0.25, 0.3) is 0 Å². The van der Waals surface area contributed by atoms with E-state index in [0.29, 0.717) is 0 Å². The first kappa shape index (κ1) is 15.6. The molecule has 0 saturated heterocycles. The molecule has 20 heavy (non-hydrogen) atoms. The normalized spacial score (nSPS) is 17.9. The van der Waals surface area contributed by atoms with Crippen LogP contribution in [0.5, 0.6) is 0 Å². The number of hydrogen-bond donors (Lipinski definition) is 1. The highest BCUT2D eigenvalue weighted by Gasteiger charge is 2.18. The van der Waals surface area contributed by atoms with Crippen LogP contribution < -0.4 is 5.32 Å². The molecule has 1 aliphatic heterocycles. The van der Waals surface area contributed by atoms with Crippen molar-refractivity contribution in [3.05, 3.63) is 35.4 Å². The Bertz CT molecular complexity index is 372. The van der Waals surface area contributed by atoms with E-state index in [9.17, 15) is 0 Å². The maximum Gasteiger partial charge on any atom is 0.0208 e. The predicted molar refractivity (Wildman–Crippen MR) is 88.1 cm³/mol. The van der Waals surface area contributed by atoms with Gasteiger partial charge in [0.05, 0.1) is 0 Å². The summed E-state index contributed by atoms with van der Waals surface area (Å²) >= 11 is 0. The third kappa shape index (κ3) is 4.94. The van der Waals surface area contributed by atoms with Crippen LogP contribution in [-0.4, -0.2) is 6.54 Å². The lowest BCUT2D eigenvalue weighted by Gasteiger charge is -2.26. The summed E-state index contributed by atoms with van der Waals surface area (Å²) in [6.07, 6.45) is 12.7. The SMILES string of the molecule is CCCCCCCCCCC1CNCc2ccccc21. The van der Waals surface area contributed by atoms with Crippen LogP contribution in [0, 0.1) is 0 Å². The van der Waals surface area contributed by atoms with Crippen LogP contribution in [0.15, 0.2) is 24.3 Å². The summed E-state index contributed by atoms with van der Waals surface area (Å²) in [6, 6.07) is 8.98. The van der Waals surface area contributed by atoms with Gasteiger partial charge in [0.15, 0.2) is 0 Å². The van der Waals surface area contributed by atoms with E-state index < -0.39 is 0 Å². The summed E-state index contributed by atoms with van der Waals surface area (Å²) in [6.45, 7) is 4.52. The van der Waals surface area contributed by atoms with E-state index in [2.05, 4.69) is 36.5 Å². The fourth-order valence-electron chi connectivity index (χ4n) is 3.37. The van der Waals surface area contributed by atoms with Crippen molar-refractivity contribution in [1.29, 1.82) is 0 Å². The first-order valence-electron chi connectivity index (χ1n) is 8.70.